The summed E-state index contributed by atoms with van der Waals surface area (Å²) in [7, 11) is 0. The molecule has 4 nitrogen and oxygen atoms in total. The molecule has 2 aromatic rings. The van der Waals surface area contributed by atoms with Gasteiger partial charge in [-0.15, -0.1) is 0 Å². The first-order valence-corrected chi connectivity index (χ1v) is 6.16. The number of nitrogens with one attached hydrogen (secondary N) is 1. The van der Waals surface area contributed by atoms with Gasteiger partial charge in [0.1, 0.15) is 0 Å². The zero-order chi connectivity index (χ0) is 13.8. The van der Waals surface area contributed by atoms with Crippen molar-refractivity contribution in [2.45, 2.75) is 13.3 Å². The van der Waals surface area contributed by atoms with E-state index in [1.54, 1.807) is 18.2 Å². The molecule has 0 aliphatic heterocycles. The van der Waals surface area contributed by atoms with Gasteiger partial charge in [0.15, 0.2) is 0 Å². The van der Waals surface area contributed by atoms with Crippen molar-refractivity contribution < 1.29 is 4.79 Å². The van der Waals surface area contributed by atoms with Crippen LogP contribution < -0.4 is 16.8 Å². The lowest BCUT2D eigenvalue weighted by Gasteiger charge is -2.15. The number of amides is 1. The molecule has 2 rings (SSSR count). The number of nitrogens with two attached hydrogens (primary N) is 2. The van der Waals surface area contributed by atoms with Crippen LogP contribution in [0.2, 0.25) is 0 Å². The summed E-state index contributed by atoms with van der Waals surface area (Å²) in [6.45, 7) is 2.07. The fourth-order valence-electron chi connectivity index (χ4n) is 2.00. The number of carbonyl (C=O) groups excluding carboxylic acids is 1. The SMILES string of the molecule is CCc1ccccc1Nc1c(N)cccc1C(N)=O. The molecule has 4 heteroatoms. The highest BCUT2D eigenvalue weighted by atomic mass is 16.1. The molecule has 1 amide bonds. The van der Waals surface area contributed by atoms with Crippen LogP contribution in [-0.4, -0.2) is 5.91 Å². The maximum Gasteiger partial charge on any atom is 0.250 e. The first-order valence-electron chi connectivity index (χ1n) is 6.16. The molecule has 5 N–H and O–H groups in total. The Balaban J connectivity index is 2.46. The van der Waals surface area contributed by atoms with Crippen molar-refractivity contribution in [3.63, 3.8) is 0 Å². The average Bonchev–Trinajstić information content (AvgIpc) is 2.41. The minimum Gasteiger partial charge on any atom is -0.397 e. The Morgan fingerprint density at radius 3 is 2.58 bits per heavy atom. The summed E-state index contributed by atoms with van der Waals surface area (Å²) in [5.74, 6) is -0.497. The number of hydrogen-bond acceptors (Lipinski definition) is 3. The van der Waals surface area contributed by atoms with Gasteiger partial charge in [-0.1, -0.05) is 31.2 Å². The minimum atomic E-state index is -0.497. The van der Waals surface area contributed by atoms with Gasteiger partial charge in [-0.25, -0.2) is 0 Å². The molecule has 0 fully saturated rings. The maximum absolute atomic E-state index is 11.4. The van der Waals surface area contributed by atoms with Crippen molar-refractivity contribution in [3.05, 3.63) is 53.6 Å². The van der Waals surface area contributed by atoms with Crippen LogP contribution in [0.1, 0.15) is 22.8 Å². The summed E-state index contributed by atoms with van der Waals surface area (Å²) < 4.78 is 0. The molecule has 0 heterocycles. The van der Waals surface area contributed by atoms with E-state index in [2.05, 4.69) is 12.2 Å². The molecular weight excluding hydrogens is 238 g/mol. The summed E-state index contributed by atoms with van der Waals surface area (Å²) in [5.41, 5.74) is 14.9. The first-order chi connectivity index (χ1) is 9.13. The predicted molar refractivity (Wildman–Crippen MR) is 78.5 cm³/mol. The highest BCUT2D eigenvalue weighted by molar-refractivity contribution is 6.02. The number of para-hydroxylation sites is 2. The van der Waals surface area contributed by atoms with Crippen LogP contribution in [0.25, 0.3) is 0 Å². The van der Waals surface area contributed by atoms with Crippen LogP contribution in [0.3, 0.4) is 0 Å². The van der Waals surface area contributed by atoms with Crippen molar-refractivity contribution in [1.29, 1.82) is 0 Å². The molecule has 0 atom stereocenters. The van der Waals surface area contributed by atoms with Gasteiger partial charge >= 0.3 is 0 Å². The zero-order valence-corrected chi connectivity index (χ0v) is 10.8. The molecule has 0 radical (unpaired) electrons. The van der Waals surface area contributed by atoms with Crippen molar-refractivity contribution in [2.75, 3.05) is 11.1 Å². The van der Waals surface area contributed by atoms with Gasteiger partial charge in [0, 0.05) is 5.69 Å². The average molecular weight is 255 g/mol. The van der Waals surface area contributed by atoms with E-state index in [0.717, 1.165) is 17.7 Å². The Kier molecular flexibility index (Phi) is 3.71. The van der Waals surface area contributed by atoms with E-state index in [0.29, 0.717) is 16.9 Å². The number of anilines is 3. The van der Waals surface area contributed by atoms with Gasteiger partial charge < -0.3 is 16.8 Å². The Bertz CT molecular complexity index is 608. The van der Waals surface area contributed by atoms with Crippen LogP contribution in [0.4, 0.5) is 17.1 Å². The molecule has 0 bridgehead atoms. The molecule has 0 aliphatic rings. The highest BCUT2D eigenvalue weighted by Gasteiger charge is 2.12. The van der Waals surface area contributed by atoms with E-state index in [-0.39, 0.29) is 0 Å². The Hall–Kier alpha value is -2.49. The number of rotatable bonds is 4. The zero-order valence-electron chi connectivity index (χ0n) is 10.8. The van der Waals surface area contributed by atoms with Crippen LogP contribution in [-0.2, 0) is 6.42 Å². The largest absolute Gasteiger partial charge is 0.397 e. The fourth-order valence-corrected chi connectivity index (χ4v) is 2.00. The molecule has 0 unspecified atom stereocenters. The molecule has 0 saturated heterocycles. The number of hydrogen-bond donors (Lipinski definition) is 3. The van der Waals surface area contributed by atoms with Crippen molar-refractivity contribution in [1.82, 2.24) is 0 Å². The third-order valence-corrected chi connectivity index (χ3v) is 3.02. The molecule has 2 aromatic carbocycles. The molecule has 98 valence electrons. The Morgan fingerprint density at radius 1 is 1.16 bits per heavy atom. The van der Waals surface area contributed by atoms with Crippen molar-refractivity contribution in [3.8, 4) is 0 Å². The van der Waals surface area contributed by atoms with Gasteiger partial charge in [-0.2, -0.15) is 0 Å². The molecule has 19 heavy (non-hydrogen) atoms. The lowest BCUT2D eigenvalue weighted by molar-refractivity contribution is 0.100. The third kappa shape index (κ3) is 2.68. The van der Waals surface area contributed by atoms with Gasteiger partial charge in [0.2, 0.25) is 0 Å². The van der Waals surface area contributed by atoms with E-state index < -0.39 is 5.91 Å². The van der Waals surface area contributed by atoms with Gasteiger partial charge in [-0.05, 0) is 30.2 Å². The highest BCUT2D eigenvalue weighted by Crippen LogP contribution is 2.28. The summed E-state index contributed by atoms with van der Waals surface area (Å²) in [5, 5.41) is 3.22. The second-order valence-corrected chi connectivity index (χ2v) is 4.27. The minimum absolute atomic E-state index is 0.394. The van der Waals surface area contributed by atoms with E-state index in [9.17, 15) is 4.79 Å². The van der Waals surface area contributed by atoms with Crippen molar-refractivity contribution in [2.24, 2.45) is 5.73 Å². The summed E-state index contributed by atoms with van der Waals surface area (Å²) in [6.07, 6.45) is 0.891. The number of carbonyl (C=O) groups is 1. The summed E-state index contributed by atoms with van der Waals surface area (Å²) in [6, 6.07) is 13.0. The molecule has 0 aromatic heterocycles. The lowest BCUT2D eigenvalue weighted by Crippen LogP contribution is -2.14. The second kappa shape index (κ2) is 5.44. The lowest BCUT2D eigenvalue weighted by atomic mass is 10.1. The Morgan fingerprint density at radius 2 is 1.89 bits per heavy atom. The second-order valence-electron chi connectivity index (χ2n) is 4.27. The van der Waals surface area contributed by atoms with Crippen molar-refractivity contribution >= 4 is 23.0 Å². The summed E-state index contributed by atoms with van der Waals surface area (Å²) in [4.78, 5) is 11.4. The molecule has 0 spiro atoms. The Labute approximate surface area is 112 Å². The van der Waals surface area contributed by atoms with Crippen LogP contribution in [0, 0.1) is 0 Å². The van der Waals surface area contributed by atoms with E-state index >= 15 is 0 Å². The summed E-state index contributed by atoms with van der Waals surface area (Å²) >= 11 is 0. The first kappa shape index (κ1) is 13.0. The van der Waals surface area contributed by atoms with Crippen LogP contribution in [0.15, 0.2) is 42.5 Å². The third-order valence-electron chi connectivity index (χ3n) is 3.02. The number of benzene rings is 2. The molecular formula is C15H17N3O. The quantitative estimate of drug-likeness (QED) is 0.735. The van der Waals surface area contributed by atoms with Crippen LogP contribution >= 0.6 is 0 Å². The van der Waals surface area contributed by atoms with E-state index in [1.807, 2.05) is 24.3 Å². The smallest absolute Gasteiger partial charge is 0.250 e. The number of aryl methyl sites for hydroxylation is 1. The topological polar surface area (TPSA) is 81.1 Å². The van der Waals surface area contributed by atoms with E-state index in [4.69, 9.17) is 11.5 Å². The fraction of sp³-hybridized carbons (Fsp3) is 0.133. The maximum atomic E-state index is 11.4. The molecule has 0 aliphatic carbocycles. The predicted octanol–water partition coefficient (Wildman–Crippen LogP) is 2.67. The number of nitrogen functional groups attached to an aromatic ring is 1. The van der Waals surface area contributed by atoms with Gasteiger partial charge in [0.25, 0.3) is 5.91 Å². The monoisotopic (exact) mass is 255 g/mol. The normalized spacial score (nSPS) is 10.2. The standard InChI is InChI=1S/C15H17N3O/c1-2-10-6-3-4-9-13(10)18-14-11(15(17)19)7-5-8-12(14)16/h3-9,18H,2,16H2,1H3,(H2,17,19). The molecule has 0 saturated carbocycles. The number of primary amides is 1. The van der Waals surface area contributed by atoms with E-state index in [1.165, 1.54) is 0 Å². The van der Waals surface area contributed by atoms with Gasteiger partial charge in [0.05, 0.1) is 16.9 Å². The van der Waals surface area contributed by atoms with Crippen LogP contribution in [0.5, 0.6) is 0 Å². The van der Waals surface area contributed by atoms with Gasteiger partial charge in [-0.3, -0.25) is 4.79 Å².